The van der Waals surface area contributed by atoms with E-state index in [1.165, 1.54) is 13.0 Å². The van der Waals surface area contributed by atoms with E-state index in [2.05, 4.69) is 5.32 Å². The van der Waals surface area contributed by atoms with E-state index in [1.807, 2.05) is 6.92 Å². The predicted octanol–water partition coefficient (Wildman–Crippen LogP) is 1.33. The minimum absolute atomic E-state index is 0.187. The summed E-state index contributed by atoms with van der Waals surface area (Å²) < 4.78 is 11.0. The number of ether oxygens (including phenoxy) is 2. The Balaban J connectivity index is 2.39. The second-order valence-electron chi connectivity index (χ2n) is 4.41. The number of aryl methyl sites for hydroxylation is 1. The van der Waals surface area contributed by atoms with Crippen LogP contribution in [0, 0.1) is 6.92 Å². The van der Waals surface area contributed by atoms with Gasteiger partial charge in [-0.1, -0.05) is 0 Å². The van der Waals surface area contributed by atoms with Gasteiger partial charge >= 0.3 is 5.97 Å². The summed E-state index contributed by atoms with van der Waals surface area (Å²) in [6, 6.07) is 3.46. The molecular weight excluding hydrogens is 262 g/mol. The Kier molecular flexibility index (Phi) is 3.93. The molecule has 0 fully saturated rings. The number of fused-ring (bicyclic) bond motifs is 1. The number of hydrogen-bond acceptors (Lipinski definition) is 4. The third-order valence-electron chi connectivity index (χ3n) is 2.70. The lowest BCUT2D eigenvalue weighted by molar-refractivity contribution is -0.134. The zero-order valence-electron chi connectivity index (χ0n) is 11.2. The molecule has 0 radical (unpaired) electrons. The Morgan fingerprint density at radius 2 is 2.00 bits per heavy atom. The van der Waals surface area contributed by atoms with E-state index >= 15 is 0 Å². The van der Waals surface area contributed by atoms with Crippen LogP contribution in [-0.2, 0) is 9.59 Å². The molecule has 0 aliphatic carbocycles. The molecule has 0 saturated carbocycles. The molecule has 0 aromatic heterocycles. The predicted molar refractivity (Wildman–Crippen MR) is 71.6 cm³/mol. The molecule has 6 heteroatoms. The third kappa shape index (κ3) is 3.09. The SMILES string of the molecule is CC(=O)N/C(=C\c1cc(C)c2c(c1)OCCO2)C(=O)O. The number of carbonyl (C=O) groups is 2. The van der Waals surface area contributed by atoms with Gasteiger partial charge in [-0.25, -0.2) is 4.79 Å². The van der Waals surface area contributed by atoms with Crippen LogP contribution in [0.15, 0.2) is 17.8 Å². The first kappa shape index (κ1) is 13.9. The van der Waals surface area contributed by atoms with Gasteiger partial charge in [0.05, 0.1) is 0 Å². The highest BCUT2D eigenvalue weighted by Gasteiger charge is 2.16. The number of aliphatic carboxylic acids is 1. The van der Waals surface area contributed by atoms with Crippen LogP contribution < -0.4 is 14.8 Å². The number of amides is 1. The maximum Gasteiger partial charge on any atom is 0.352 e. The maximum absolute atomic E-state index is 11.1. The van der Waals surface area contributed by atoms with E-state index < -0.39 is 11.9 Å². The van der Waals surface area contributed by atoms with Crippen LogP contribution in [0.3, 0.4) is 0 Å². The van der Waals surface area contributed by atoms with E-state index in [9.17, 15) is 9.59 Å². The first-order chi connectivity index (χ1) is 9.47. The standard InChI is InChI=1S/C14H15NO5/c1-8-5-10(6-11(14(17)18)15-9(2)16)7-12-13(8)20-4-3-19-12/h5-7H,3-4H2,1-2H3,(H,15,16)(H,17,18)/b11-6-. The first-order valence-electron chi connectivity index (χ1n) is 6.10. The number of hydrogen-bond donors (Lipinski definition) is 2. The molecule has 0 atom stereocenters. The van der Waals surface area contributed by atoms with Gasteiger partial charge in [0.25, 0.3) is 0 Å². The number of carbonyl (C=O) groups excluding carboxylic acids is 1. The fourth-order valence-electron chi connectivity index (χ4n) is 1.95. The van der Waals surface area contributed by atoms with Gasteiger partial charge in [0, 0.05) is 6.92 Å². The van der Waals surface area contributed by atoms with Crippen molar-refractivity contribution in [3.05, 3.63) is 29.0 Å². The average molecular weight is 277 g/mol. The second kappa shape index (κ2) is 5.64. The summed E-state index contributed by atoms with van der Waals surface area (Å²) in [6.45, 7) is 4.06. The second-order valence-corrected chi connectivity index (χ2v) is 4.41. The highest BCUT2D eigenvalue weighted by molar-refractivity contribution is 5.96. The van der Waals surface area contributed by atoms with Gasteiger partial charge in [-0.2, -0.15) is 0 Å². The molecule has 6 nitrogen and oxygen atoms in total. The summed E-state index contributed by atoms with van der Waals surface area (Å²) in [5, 5.41) is 11.3. The highest BCUT2D eigenvalue weighted by atomic mass is 16.6. The quantitative estimate of drug-likeness (QED) is 0.814. The molecular formula is C14H15NO5. The van der Waals surface area contributed by atoms with Crippen LogP contribution in [0.1, 0.15) is 18.1 Å². The van der Waals surface area contributed by atoms with Gasteiger partial charge in [-0.3, -0.25) is 4.79 Å². The van der Waals surface area contributed by atoms with Crippen LogP contribution in [0.5, 0.6) is 11.5 Å². The van der Waals surface area contributed by atoms with Crippen molar-refractivity contribution in [2.75, 3.05) is 13.2 Å². The van der Waals surface area contributed by atoms with Crippen molar-refractivity contribution in [1.29, 1.82) is 0 Å². The van der Waals surface area contributed by atoms with Crippen molar-refractivity contribution in [3.63, 3.8) is 0 Å². The number of benzene rings is 1. The molecule has 1 aromatic rings. The van der Waals surface area contributed by atoms with E-state index in [4.69, 9.17) is 14.6 Å². The van der Waals surface area contributed by atoms with E-state index in [1.54, 1.807) is 12.1 Å². The largest absolute Gasteiger partial charge is 0.486 e. The van der Waals surface area contributed by atoms with Crippen molar-refractivity contribution in [2.24, 2.45) is 0 Å². The van der Waals surface area contributed by atoms with E-state index in [0.29, 0.717) is 30.3 Å². The Labute approximate surface area is 116 Å². The normalized spacial score (nSPS) is 13.8. The van der Waals surface area contributed by atoms with Crippen molar-refractivity contribution < 1.29 is 24.2 Å². The molecule has 106 valence electrons. The zero-order chi connectivity index (χ0) is 14.7. The molecule has 0 saturated heterocycles. The van der Waals surface area contributed by atoms with Gasteiger partial charge in [-0.15, -0.1) is 0 Å². The Bertz CT molecular complexity index is 591. The average Bonchev–Trinajstić information content (AvgIpc) is 2.37. The minimum Gasteiger partial charge on any atom is -0.486 e. The summed E-state index contributed by atoms with van der Waals surface area (Å²) in [5.41, 5.74) is 1.28. The van der Waals surface area contributed by atoms with Gasteiger partial charge in [-0.05, 0) is 36.3 Å². The molecule has 1 heterocycles. The zero-order valence-corrected chi connectivity index (χ0v) is 11.2. The maximum atomic E-state index is 11.1. The van der Waals surface area contributed by atoms with Crippen molar-refractivity contribution in [2.45, 2.75) is 13.8 Å². The van der Waals surface area contributed by atoms with Gasteiger partial charge in [0.1, 0.15) is 18.9 Å². The molecule has 1 aliphatic heterocycles. The number of nitrogens with one attached hydrogen (secondary N) is 1. The van der Waals surface area contributed by atoms with Crippen molar-refractivity contribution in [1.82, 2.24) is 5.32 Å². The Hall–Kier alpha value is -2.50. The Morgan fingerprint density at radius 1 is 1.30 bits per heavy atom. The lowest BCUT2D eigenvalue weighted by atomic mass is 10.1. The number of carboxylic acids is 1. The van der Waals surface area contributed by atoms with Gasteiger partial charge < -0.3 is 19.9 Å². The smallest absolute Gasteiger partial charge is 0.352 e. The van der Waals surface area contributed by atoms with Crippen molar-refractivity contribution in [3.8, 4) is 11.5 Å². The summed E-state index contributed by atoms with van der Waals surface area (Å²) >= 11 is 0. The summed E-state index contributed by atoms with van der Waals surface area (Å²) in [5.74, 6) is -0.388. The van der Waals surface area contributed by atoms with Crippen LogP contribution in [-0.4, -0.2) is 30.2 Å². The van der Waals surface area contributed by atoms with Crippen LogP contribution in [0.25, 0.3) is 6.08 Å². The third-order valence-corrected chi connectivity index (χ3v) is 2.70. The molecule has 1 aromatic carbocycles. The lowest BCUT2D eigenvalue weighted by Crippen LogP contribution is -2.24. The van der Waals surface area contributed by atoms with E-state index in [-0.39, 0.29) is 5.70 Å². The molecule has 0 bridgehead atoms. The number of carboxylic acid groups (broad SMARTS) is 1. The number of rotatable bonds is 3. The summed E-state index contributed by atoms with van der Waals surface area (Å²) in [7, 11) is 0. The Morgan fingerprint density at radius 3 is 2.65 bits per heavy atom. The topological polar surface area (TPSA) is 84.9 Å². The molecule has 0 spiro atoms. The lowest BCUT2D eigenvalue weighted by Gasteiger charge is -2.20. The molecule has 1 aliphatic rings. The van der Waals surface area contributed by atoms with Crippen molar-refractivity contribution >= 4 is 18.0 Å². The van der Waals surface area contributed by atoms with Gasteiger partial charge in [0.2, 0.25) is 5.91 Å². The molecule has 20 heavy (non-hydrogen) atoms. The first-order valence-corrected chi connectivity index (χ1v) is 6.10. The summed E-state index contributed by atoms with van der Waals surface area (Å²) in [4.78, 5) is 22.1. The van der Waals surface area contributed by atoms with Gasteiger partial charge in [0.15, 0.2) is 11.5 Å². The molecule has 2 rings (SSSR count). The fraction of sp³-hybridized carbons (Fsp3) is 0.286. The monoisotopic (exact) mass is 277 g/mol. The fourth-order valence-corrected chi connectivity index (χ4v) is 1.95. The van der Waals surface area contributed by atoms with E-state index in [0.717, 1.165) is 5.56 Å². The molecule has 1 amide bonds. The summed E-state index contributed by atoms with van der Waals surface area (Å²) in [6.07, 6.45) is 1.38. The molecule has 2 N–H and O–H groups in total. The highest BCUT2D eigenvalue weighted by Crippen LogP contribution is 2.35. The molecule has 0 unspecified atom stereocenters. The van der Waals surface area contributed by atoms with Crippen LogP contribution >= 0.6 is 0 Å². The van der Waals surface area contributed by atoms with Crippen LogP contribution in [0.4, 0.5) is 0 Å². The minimum atomic E-state index is -1.20. The van der Waals surface area contributed by atoms with Crippen LogP contribution in [0.2, 0.25) is 0 Å².